The summed E-state index contributed by atoms with van der Waals surface area (Å²) in [4.78, 5) is 57.4. The van der Waals surface area contributed by atoms with Crippen LogP contribution in [-0.4, -0.2) is 69.4 Å². The highest BCUT2D eigenvalue weighted by molar-refractivity contribution is 9.10. The molecular formula is C80H66Br2Cl2F6N4O6S2. The number of carbonyl (C=O) groups excluding carboxylic acids is 4. The molecule has 22 heteroatoms. The highest BCUT2D eigenvalue weighted by Gasteiger charge is 2.40. The Balaban J connectivity index is 0.000000139. The van der Waals surface area contributed by atoms with Crippen LogP contribution in [0.15, 0.2) is 238 Å². The van der Waals surface area contributed by atoms with Crippen molar-refractivity contribution in [1.82, 2.24) is 19.6 Å². The zero-order chi connectivity index (χ0) is 72.9. The molecule has 10 nitrogen and oxygen atoms in total. The summed E-state index contributed by atoms with van der Waals surface area (Å²) < 4.78 is 96.9. The van der Waals surface area contributed by atoms with Crippen LogP contribution in [-0.2, 0) is 57.7 Å². The first kappa shape index (κ1) is 74.4. The molecule has 4 amide bonds. The molecule has 0 radical (unpaired) electrons. The molecule has 10 aromatic rings. The number of benzene rings is 6. The van der Waals surface area contributed by atoms with Crippen molar-refractivity contribution in [2.24, 2.45) is 0 Å². The Hall–Kier alpha value is -8.76. The fourth-order valence-electron chi connectivity index (χ4n) is 13.7. The van der Waals surface area contributed by atoms with Crippen molar-refractivity contribution in [3.63, 3.8) is 0 Å². The van der Waals surface area contributed by atoms with Gasteiger partial charge in [0.1, 0.15) is 23.0 Å². The molecule has 4 aliphatic rings. The van der Waals surface area contributed by atoms with Crippen molar-refractivity contribution in [3.05, 3.63) is 327 Å². The number of thiophene rings is 2. The van der Waals surface area contributed by atoms with Crippen molar-refractivity contribution < 1.29 is 54.4 Å². The summed E-state index contributed by atoms with van der Waals surface area (Å²) in [6.07, 6.45) is -3.73. The Bertz CT molecular complexity index is 4550. The molecule has 4 atom stereocenters. The van der Waals surface area contributed by atoms with Gasteiger partial charge >= 0.3 is 12.4 Å². The minimum absolute atomic E-state index is 0.0632. The molecular weight excluding hydrogens is 1520 g/mol. The summed E-state index contributed by atoms with van der Waals surface area (Å²) in [5, 5.41) is 0. The van der Waals surface area contributed by atoms with E-state index in [4.69, 9.17) is 32.0 Å². The standard InChI is InChI=1S/2C23H17ClF3NOS.2C17H16BrNO2/c2*1-2-22(29)28-12-18(17-11-21(24)30-20(17)13-28)15-8-4-3-7-14(15)16-9-5-6-10-19(16)23(25,26)27;2*1-3-17(20)19-9-14(12-6-4-5-7-15(12)18)13-8-11(2)21-16(13)10-19/h2*2-11,18H,1,12-13H2;2*3-8,14H,1,9-10H2,2H3/t2*18-;2*14-/m1010/s1. The van der Waals surface area contributed by atoms with Crippen molar-refractivity contribution in [2.75, 3.05) is 26.2 Å². The third kappa shape index (κ3) is 16.3. The van der Waals surface area contributed by atoms with E-state index in [9.17, 15) is 45.5 Å². The van der Waals surface area contributed by atoms with Gasteiger partial charge in [0, 0.05) is 79.7 Å². The van der Waals surface area contributed by atoms with Gasteiger partial charge in [-0.2, -0.15) is 26.3 Å². The zero-order valence-electron chi connectivity index (χ0n) is 55.1. The molecule has 8 heterocycles. The van der Waals surface area contributed by atoms with Crippen LogP contribution in [0.4, 0.5) is 26.3 Å². The number of furan rings is 2. The first-order chi connectivity index (χ1) is 48.8. The van der Waals surface area contributed by atoms with E-state index < -0.39 is 23.5 Å². The second-order valence-electron chi connectivity index (χ2n) is 24.5. The van der Waals surface area contributed by atoms with Gasteiger partial charge < -0.3 is 28.4 Å². The highest BCUT2D eigenvalue weighted by Crippen LogP contribution is 2.49. The number of alkyl halides is 6. The van der Waals surface area contributed by atoms with Gasteiger partial charge in [-0.1, -0.05) is 203 Å². The average Bonchev–Trinajstić information content (AvgIpc) is 1.36. The van der Waals surface area contributed by atoms with E-state index in [1.165, 1.54) is 93.5 Å². The molecule has 0 bridgehead atoms. The number of rotatable bonds is 10. The van der Waals surface area contributed by atoms with E-state index in [0.29, 0.717) is 72.2 Å². The fourth-order valence-corrected chi connectivity index (χ4v) is 17.5. The molecule has 0 aliphatic carbocycles. The summed E-state index contributed by atoms with van der Waals surface area (Å²) in [6, 6.07) is 49.3. The monoisotopic (exact) mass is 1580 g/mol. The molecule has 14 rings (SSSR count). The number of amides is 4. The summed E-state index contributed by atoms with van der Waals surface area (Å²) in [5.74, 6) is 2.58. The summed E-state index contributed by atoms with van der Waals surface area (Å²) in [7, 11) is 0. The Morgan fingerprint density at radius 1 is 0.412 bits per heavy atom. The average molecular weight is 1590 g/mol. The maximum absolute atomic E-state index is 13.7. The van der Waals surface area contributed by atoms with Crippen LogP contribution in [0.2, 0.25) is 8.67 Å². The van der Waals surface area contributed by atoms with Crippen LogP contribution in [0.5, 0.6) is 0 Å². The van der Waals surface area contributed by atoms with Crippen LogP contribution in [0, 0.1) is 13.8 Å². The normalized spacial score (nSPS) is 16.7. The molecule has 4 aromatic heterocycles. The van der Waals surface area contributed by atoms with E-state index >= 15 is 0 Å². The van der Waals surface area contributed by atoms with E-state index in [1.54, 1.807) is 68.1 Å². The lowest BCUT2D eigenvalue weighted by molar-refractivity contribution is -0.137. The minimum Gasteiger partial charge on any atom is -0.464 e. The number of nitrogens with zero attached hydrogens (tertiary/aromatic N) is 4. The predicted octanol–water partition coefficient (Wildman–Crippen LogP) is 21.5. The topological polar surface area (TPSA) is 108 Å². The van der Waals surface area contributed by atoms with Gasteiger partial charge in [0.05, 0.1) is 46.0 Å². The Kier molecular flexibility index (Phi) is 23.3. The van der Waals surface area contributed by atoms with Crippen molar-refractivity contribution in [3.8, 4) is 22.3 Å². The molecule has 0 fully saturated rings. The predicted molar refractivity (Wildman–Crippen MR) is 397 cm³/mol. The quantitative estimate of drug-likeness (QED) is 0.0997. The number of hydrogen-bond donors (Lipinski definition) is 0. The van der Waals surface area contributed by atoms with Crippen LogP contribution >= 0.6 is 77.7 Å². The molecule has 102 heavy (non-hydrogen) atoms. The van der Waals surface area contributed by atoms with Crippen molar-refractivity contribution >= 4 is 101 Å². The van der Waals surface area contributed by atoms with E-state index in [0.717, 1.165) is 76.1 Å². The van der Waals surface area contributed by atoms with Crippen LogP contribution in [0.3, 0.4) is 0 Å². The second-order valence-corrected chi connectivity index (χ2v) is 29.8. The van der Waals surface area contributed by atoms with Crippen LogP contribution in [0.1, 0.15) is 112 Å². The molecule has 6 aromatic carbocycles. The highest BCUT2D eigenvalue weighted by atomic mass is 79.9. The van der Waals surface area contributed by atoms with E-state index in [-0.39, 0.29) is 58.4 Å². The molecule has 4 aliphatic heterocycles. The van der Waals surface area contributed by atoms with Gasteiger partial charge in [0.15, 0.2) is 0 Å². The summed E-state index contributed by atoms with van der Waals surface area (Å²) in [5.41, 5.74) is 7.91. The lowest BCUT2D eigenvalue weighted by atomic mass is 9.83. The largest absolute Gasteiger partial charge is 0.464 e. The number of carbonyl (C=O) groups is 4. The summed E-state index contributed by atoms with van der Waals surface area (Å²) in [6.45, 7) is 22.0. The van der Waals surface area contributed by atoms with Crippen LogP contribution in [0.25, 0.3) is 22.3 Å². The van der Waals surface area contributed by atoms with Gasteiger partial charge in [-0.3, -0.25) is 19.2 Å². The summed E-state index contributed by atoms with van der Waals surface area (Å²) >= 11 is 22.5. The molecule has 524 valence electrons. The maximum Gasteiger partial charge on any atom is 0.417 e. The molecule has 0 spiro atoms. The number of aryl methyl sites for hydroxylation is 2. The number of hydrogen-bond acceptors (Lipinski definition) is 8. The van der Waals surface area contributed by atoms with Gasteiger partial charge in [0.2, 0.25) is 23.6 Å². The third-order valence-electron chi connectivity index (χ3n) is 18.2. The third-order valence-corrected chi connectivity index (χ3v) is 22.2. The van der Waals surface area contributed by atoms with E-state index in [2.05, 4.69) is 82.4 Å². The maximum atomic E-state index is 13.7. The van der Waals surface area contributed by atoms with Crippen LogP contribution < -0.4 is 0 Å². The van der Waals surface area contributed by atoms with Gasteiger partial charge in [-0.25, -0.2) is 0 Å². The van der Waals surface area contributed by atoms with E-state index in [1.807, 2.05) is 74.5 Å². The molecule has 0 N–H and O–H groups in total. The van der Waals surface area contributed by atoms with Gasteiger partial charge in [-0.15, -0.1) is 22.7 Å². The smallest absolute Gasteiger partial charge is 0.417 e. The van der Waals surface area contributed by atoms with Crippen molar-refractivity contribution in [1.29, 1.82) is 0 Å². The molecule has 0 saturated heterocycles. The Labute approximate surface area is 621 Å². The zero-order valence-corrected chi connectivity index (χ0v) is 61.4. The SMILES string of the molecule is C=CC(=O)N1Cc2oc(C)cc2[C@@H](c2ccccc2Br)C1.C=CC(=O)N1Cc2oc(C)cc2[C@H](c2ccccc2Br)C1.C=CC(=O)N1Cc2sc(Cl)cc2[C@@H](c2ccccc2-c2ccccc2C(F)(F)F)C1.C=CC(=O)N1Cc2sc(Cl)cc2[C@H](c2ccccc2-c2ccccc2C(F)(F)F)C1. The lowest BCUT2D eigenvalue weighted by Gasteiger charge is -2.33. The van der Waals surface area contributed by atoms with Gasteiger partial charge in [-0.05, 0) is 142 Å². The van der Waals surface area contributed by atoms with Crippen molar-refractivity contribution in [2.45, 2.75) is 76.1 Å². The lowest BCUT2D eigenvalue weighted by Crippen LogP contribution is -2.37. The Morgan fingerprint density at radius 2 is 0.696 bits per heavy atom. The molecule has 0 unspecified atom stereocenters. The number of fused-ring (bicyclic) bond motifs is 4. The fraction of sp³-hybridized carbons (Fsp3) is 0.200. The molecule has 0 saturated carbocycles. The Morgan fingerprint density at radius 3 is 1.02 bits per heavy atom. The minimum atomic E-state index is -4.47. The van der Waals surface area contributed by atoms with Gasteiger partial charge in [0.25, 0.3) is 0 Å². The first-order valence-corrected chi connectivity index (χ1v) is 36.2. The number of halogens is 10. The second kappa shape index (κ2) is 31.9. The first-order valence-electron chi connectivity index (χ1n) is 32.2.